The van der Waals surface area contributed by atoms with Crippen LogP contribution in [0.15, 0.2) is 24.3 Å². The van der Waals surface area contributed by atoms with Crippen molar-refractivity contribution in [2.45, 2.75) is 32.1 Å². The van der Waals surface area contributed by atoms with Gasteiger partial charge in [-0.25, -0.2) is 18.3 Å². The van der Waals surface area contributed by atoms with Crippen LogP contribution in [0.4, 0.5) is 8.78 Å². The molecule has 0 atom stereocenters. The van der Waals surface area contributed by atoms with E-state index in [-0.39, 0.29) is 24.3 Å². The molecule has 0 bridgehead atoms. The van der Waals surface area contributed by atoms with Gasteiger partial charge in [0.05, 0.1) is 23.6 Å². The summed E-state index contributed by atoms with van der Waals surface area (Å²) in [6.07, 6.45) is 0.456. The lowest BCUT2D eigenvalue weighted by Gasteiger charge is -2.23. The zero-order chi connectivity index (χ0) is 16.6. The minimum Gasteiger partial charge on any atom is -0.461 e. The molecule has 23 heavy (non-hydrogen) atoms. The Labute approximate surface area is 133 Å². The summed E-state index contributed by atoms with van der Waals surface area (Å²) < 4.78 is 35.0. The van der Waals surface area contributed by atoms with Gasteiger partial charge in [0.15, 0.2) is 5.69 Å². The van der Waals surface area contributed by atoms with E-state index in [9.17, 15) is 13.6 Å². The first-order valence-electron chi connectivity index (χ1n) is 7.47. The third-order valence-corrected chi connectivity index (χ3v) is 3.83. The van der Waals surface area contributed by atoms with Crippen molar-refractivity contribution < 1.29 is 18.3 Å². The van der Waals surface area contributed by atoms with Crippen LogP contribution in [0.2, 0.25) is 0 Å². The van der Waals surface area contributed by atoms with Crippen LogP contribution in [0, 0.1) is 0 Å². The fourth-order valence-electron chi connectivity index (χ4n) is 2.88. The quantitative estimate of drug-likeness (QED) is 0.644. The molecule has 1 heterocycles. The number of nitrogens with zero attached hydrogens (tertiary/aromatic N) is 2. The first kappa shape index (κ1) is 15.7. The van der Waals surface area contributed by atoms with Crippen molar-refractivity contribution in [1.82, 2.24) is 9.78 Å². The number of fused-ring (bicyclic) bond motifs is 1. The molecule has 3 rings (SSSR count). The molecular weight excluding hydrogens is 301 g/mol. The average molecular weight is 316 g/mol. The normalized spacial score (nSPS) is 16.0. The summed E-state index contributed by atoms with van der Waals surface area (Å²) in [4.78, 5) is 12.1. The number of ether oxygens (including phenoxy) is 1. The molecule has 0 spiro atoms. The third-order valence-electron chi connectivity index (χ3n) is 3.83. The fourth-order valence-corrected chi connectivity index (χ4v) is 2.88. The number of aromatic nitrogens is 2. The Hall–Kier alpha value is -2.18. The van der Waals surface area contributed by atoms with E-state index in [1.54, 1.807) is 31.2 Å². The van der Waals surface area contributed by atoms with Gasteiger partial charge in [-0.15, -0.1) is 0 Å². The van der Waals surface area contributed by atoms with E-state index in [0.29, 0.717) is 29.7 Å². The molecule has 118 valence electrons. The largest absolute Gasteiger partial charge is 0.461 e. The summed E-state index contributed by atoms with van der Waals surface area (Å²) in [5.41, 5.74) is 0.759. The molecule has 1 aromatic heterocycles. The van der Waals surface area contributed by atoms with Gasteiger partial charge in [-0.05, 0) is 31.9 Å². The van der Waals surface area contributed by atoms with Crippen molar-refractivity contribution in [3.05, 3.63) is 41.2 Å². The van der Waals surface area contributed by atoms with Crippen molar-refractivity contribution in [2.75, 3.05) is 6.61 Å². The highest BCUT2D eigenvalue weighted by molar-refractivity contribution is 6.32. The molecule has 2 aromatic rings. The Balaban J connectivity index is 2.21. The van der Waals surface area contributed by atoms with E-state index in [0.717, 1.165) is 0 Å². The van der Waals surface area contributed by atoms with Gasteiger partial charge in [-0.2, -0.15) is 5.10 Å². The molecule has 4 nitrogen and oxygen atoms in total. The smallest absolute Gasteiger partial charge is 0.359 e. The summed E-state index contributed by atoms with van der Waals surface area (Å²) in [5.74, 6) is -3.91. The van der Waals surface area contributed by atoms with E-state index in [2.05, 4.69) is 5.10 Å². The predicted octanol–water partition coefficient (Wildman–Crippen LogP) is 2.27. The molecule has 2 radical (unpaired) electrons. The van der Waals surface area contributed by atoms with Crippen LogP contribution < -0.4 is 5.46 Å². The lowest BCUT2D eigenvalue weighted by atomic mass is 9.91. The highest BCUT2D eigenvalue weighted by Gasteiger charge is 2.44. The summed E-state index contributed by atoms with van der Waals surface area (Å²) in [6, 6.07) is 6.75. The van der Waals surface area contributed by atoms with Gasteiger partial charge in [0, 0.05) is 6.42 Å². The van der Waals surface area contributed by atoms with Crippen LogP contribution in [0.1, 0.15) is 41.5 Å². The molecule has 0 aliphatic heterocycles. The van der Waals surface area contributed by atoms with Gasteiger partial charge < -0.3 is 4.74 Å². The number of carbonyl (C=O) groups is 1. The number of benzene rings is 1. The van der Waals surface area contributed by atoms with Gasteiger partial charge in [-0.1, -0.05) is 17.6 Å². The zero-order valence-electron chi connectivity index (χ0n) is 12.7. The van der Waals surface area contributed by atoms with Gasteiger partial charge >= 0.3 is 5.97 Å². The Morgan fingerprint density at radius 2 is 2.26 bits per heavy atom. The lowest BCUT2D eigenvalue weighted by molar-refractivity contribution is -0.0234. The monoisotopic (exact) mass is 316 g/mol. The number of hydrogen-bond donors (Lipinski definition) is 0. The zero-order valence-corrected chi connectivity index (χ0v) is 12.7. The van der Waals surface area contributed by atoms with E-state index in [1.807, 2.05) is 0 Å². The van der Waals surface area contributed by atoms with E-state index in [1.165, 1.54) is 4.68 Å². The third kappa shape index (κ3) is 2.75. The minimum absolute atomic E-state index is 0.102. The number of alkyl halides is 2. The number of halogens is 2. The van der Waals surface area contributed by atoms with E-state index in [4.69, 9.17) is 12.6 Å². The summed E-state index contributed by atoms with van der Waals surface area (Å²) in [6.45, 7) is 1.72. The van der Waals surface area contributed by atoms with Crippen molar-refractivity contribution in [1.29, 1.82) is 0 Å². The predicted molar refractivity (Wildman–Crippen MR) is 81.7 cm³/mol. The molecule has 7 heteroatoms. The van der Waals surface area contributed by atoms with Crippen LogP contribution in [0.25, 0.3) is 5.69 Å². The molecule has 0 unspecified atom stereocenters. The van der Waals surface area contributed by atoms with Gasteiger partial charge in [0.1, 0.15) is 7.85 Å². The molecule has 1 aliphatic rings. The van der Waals surface area contributed by atoms with Crippen molar-refractivity contribution >= 4 is 19.3 Å². The van der Waals surface area contributed by atoms with Crippen molar-refractivity contribution in [3.63, 3.8) is 0 Å². The maximum Gasteiger partial charge on any atom is 0.359 e. The molecule has 0 fully saturated rings. The van der Waals surface area contributed by atoms with Gasteiger partial charge in [0.2, 0.25) is 0 Å². The molecule has 0 saturated heterocycles. The van der Waals surface area contributed by atoms with Crippen LogP contribution in [-0.2, 0) is 17.1 Å². The van der Waals surface area contributed by atoms with Gasteiger partial charge in [-0.3, -0.25) is 0 Å². The Kier molecular flexibility index (Phi) is 3.96. The molecule has 0 saturated carbocycles. The second kappa shape index (κ2) is 5.79. The molecule has 0 N–H and O–H groups in total. The maximum atomic E-state index is 14.4. The number of rotatable bonds is 3. The average Bonchev–Trinajstić information content (AvgIpc) is 2.88. The molecule has 0 amide bonds. The first-order valence-corrected chi connectivity index (χ1v) is 7.47. The second-order valence-corrected chi connectivity index (χ2v) is 5.46. The summed E-state index contributed by atoms with van der Waals surface area (Å²) in [7, 11) is 5.76. The second-order valence-electron chi connectivity index (χ2n) is 5.46. The van der Waals surface area contributed by atoms with Crippen LogP contribution in [0.3, 0.4) is 0 Å². The summed E-state index contributed by atoms with van der Waals surface area (Å²) in [5, 5.41) is 4.12. The standard InChI is InChI=1S/C16H15BF2N2O2/c1-2-23-15(22)14-13-12(7-4-8-16(13,18)19)21(20-14)11-6-3-5-10(17)9-11/h3,5-6,9H,2,4,7-8H2,1H3. The SMILES string of the molecule is [B]c1cccc(-n2nc(C(=O)OCC)c3c2CCCC3(F)F)c1. The van der Waals surface area contributed by atoms with E-state index < -0.39 is 11.9 Å². The molecular formula is C16H15BF2N2O2. The molecule has 1 aliphatic carbocycles. The maximum absolute atomic E-state index is 14.4. The topological polar surface area (TPSA) is 44.1 Å². The van der Waals surface area contributed by atoms with E-state index >= 15 is 0 Å². The Bertz CT molecular complexity index is 759. The first-order chi connectivity index (χ1) is 10.9. The van der Waals surface area contributed by atoms with Crippen LogP contribution in [-0.4, -0.2) is 30.2 Å². The fraction of sp³-hybridized carbons (Fsp3) is 0.375. The van der Waals surface area contributed by atoms with Crippen LogP contribution in [0.5, 0.6) is 0 Å². The lowest BCUT2D eigenvalue weighted by Crippen LogP contribution is -2.24. The number of hydrogen-bond acceptors (Lipinski definition) is 3. The highest BCUT2D eigenvalue weighted by atomic mass is 19.3. The minimum atomic E-state index is -3.09. The molecule has 1 aromatic carbocycles. The highest BCUT2D eigenvalue weighted by Crippen LogP contribution is 2.42. The van der Waals surface area contributed by atoms with Crippen molar-refractivity contribution in [3.8, 4) is 5.69 Å². The van der Waals surface area contributed by atoms with Crippen molar-refractivity contribution in [2.24, 2.45) is 0 Å². The van der Waals surface area contributed by atoms with Gasteiger partial charge in [0.25, 0.3) is 5.92 Å². The number of carbonyl (C=O) groups excluding carboxylic acids is 1. The Morgan fingerprint density at radius 3 is 2.96 bits per heavy atom. The Morgan fingerprint density at radius 1 is 1.48 bits per heavy atom. The summed E-state index contributed by atoms with van der Waals surface area (Å²) >= 11 is 0. The number of esters is 1. The van der Waals surface area contributed by atoms with Crippen LogP contribution >= 0.6 is 0 Å².